The third-order valence-electron chi connectivity index (χ3n) is 8.96. The van der Waals surface area contributed by atoms with Gasteiger partial charge in [0.2, 0.25) is 0 Å². The van der Waals surface area contributed by atoms with Gasteiger partial charge in [-0.2, -0.15) is 0 Å². The predicted octanol–water partition coefficient (Wildman–Crippen LogP) is 14.2. The molecule has 0 saturated heterocycles. The zero-order valence-electron chi connectivity index (χ0n) is 38.3. The van der Waals surface area contributed by atoms with Gasteiger partial charge in [-0.05, 0) is 37.8 Å². The Labute approximate surface area is 368 Å². The van der Waals surface area contributed by atoms with Crippen LogP contribution in [0.5, 0.6) is 0 Å². The quantitative estimate of drug-likeness (QED) is 0.0201. The lowest BCUT2D eigenvalue weighted by molar-refractivity contribution is -0.870. The van der Waals surface area contributed by atoms with Crippen molar-refractivity contribution in [3.05, 3.63) is 146 Å². The highest BCUT2D eigenvalue weighted by molar-refractivity contribution is 7.45. The van der Waals surface area contributed by atoms with Gasteiger partial charge in [0.15, 0.2) is 6.10 Å². The van der Waals surface area contributed by atoms with Crippen molar-refractivity contribution in [1.29, 1.82) is 0 Å². The van der Waals surface area contributed by atoms with E-state index in [4.69, 9.17) is 18.5 Å². The number of likely N-dealkylation sites (N-methyl/N-ethyl adjacent to an activating group) is 1. The van der Waals surface area contributed by atoms with E-state index in [0.29, 0.717) is 11.0 Å². The molecular weight excluding hydrogens is 766 g/mol. The predicted molar refractivity (Wildman–Crippen MR) is 257 cm³/mol. The fraction of sp³-hybridized carbons (Fsp3) is 0.538. The lowest BCUT2D eigenvalue weighted by Crippen LogP contribution is -2.37. The van der Waals surface area contributed by atoms with Crippen LogP contribution >= 0.6 is 7.82 Å². The molecule has 0 aliphatic carbocycles. The molecule has 0 N–H and O–H groups in total. The molecule has 1 unspecified atom stereocenters. The number of allylic oxidation sites excluding steroid dienone is 22. The average molecular weight is 850 g/mol. The molecule has 338 valence electrons. The number of ether oxygens (including phenoxy) is 2. The molecule has 0 amide bonds. The lowest BCUT2D eigenvalue weighted by atomic mass is 10.1. The van der Waals surface area contributed by atoms with Crippen molar-refractivity contribution in [2.24, 2.45) is 0 Å². The smallest absolute Gasteiger partial charge is 0.268 e. The van der Waals surface area contributed by atoms with Crippen molar-refractivity contribution >= 4 is 7.82 Å². The van der Waals surface area contributed by atoms with Crippen LogP contribution in [0, 0.1) is 0 Å². The Hall–Kier alpha value is -3.45. The minimum atomic E-state index is -4.50. The Morgan fingerprint density at radius 2 is 0.833 bits per heavy atom. The van der Waals surface area contributed by atoms with Crippen LogP contribution in [0.3, 0.4) is 0 Å². The molecule has 0 radical (unpaired) electrons. The first-order valence-electron chi connectivity index (χ1n) is 22.8. The van der Waals surface area contributed by atoms with Crippen molar-refractivity contribution < 1.29 is 32.5 Å². The summed E-state index contributed by atoms with van der Waals surface area (Å²) >= 11 is 0. The SMILES string of the molecule is CCCCCCCCCCC=CC=CC=CC=CC=CC=COC[C@H](COP(=O)([O-])OCC[N+](C)(C)C)OC=CC=CC=CC=CC=CC=CCCCCCCCCCC. The first kappa shape index (κ1) is 56.5. The normalized spacial score (nSPS) is 15.1. The Balaban J connectivity index is 4.64. The molecule has 0 saturated carbocycles. The molecule has 2 atom stereocenters. The summed E-state index contributed by atoms with van der Waals surface area (Å²) in [4.78, 5) is 12.3. The highest BCUT2D eigenvalue weighted by Crippen LogP contribution is 2.38. The molecule has 0 bridgehead atoms. The van der Waals surface area contributed by atoms with Crippen LogP contribution in [0.2, 0.25) is 0 Å². The van der Waals surface area contributed by atoms with Gasteiger partial charge in [-0.3, -0.25) is 4.57 Å². The minimum Gasteiger partial charge on any atom is -0.756 e. The van der Waals surface area contributed by atoms with E-state index in [-0.39, 0.29) is 19.8 Å². The number of hydrogen-bond donors (Lipinski definition) is 0. The van der Waals surface area contributed by atoms with E-state index in [1.54, 1.807) is 12.2 Å². The fourth-order valence-corrected chi connectivity index (χ4v) is 6.13. The summed E-state index contributed by atoms with van der Waals surface area (Å²) in [7, 11) is 1.37. The number of nitrogens with zero attached hydrogens (tertiary/aromatic N) is 1. The summed E-state index contributed by atoms with van der Waals surface area (Å²) in [6.07, 6.45) is 69.6. The maximum Gasteiger partial charge on any atom is 0.268 e. The lowest BCUT2D eigenvalue weighted by Gasteiger charge is -2.28. The highest BCUT2D eigenvalue weighted by atomic mass is 31.2. The standard InChI is InChI=1S/C52H84NO6P/c1-6-8-10-12-14-16-18-20-22-24-26-28-30-32-34-36-38-40-42-44-47-56-50-52(51-59-60(54,55)58-49-46-53(3,4)5)57-48-45-43-41-39-37-35-33-31-29-27-25-23-21-19-17-15-13-11-9-7-2/h24-45,47-48,52H,6-23,46,49-51H2,1-5H3/t52-/m1/s1. The molecule has 0 aromatic heterocycles. The number of phosphoric acid groups is 1. The van der Waals surface area contributed by atoms with E-state index in [0.717, 1.165) is 12.8 Å². The summed E-state index contributed by atoms with van der Waals surface area (Å²) in [6.45, 7) is 4.88. The third-order valence-corrected chi connectivity index (χ3v) is 9.92. The molecule has 7 nitrogen and oxygen atoms in total. The van der Waals surface area contributed by atoms with Crippen LogP contribution in [-0.2, 0) is 23.1 Å². The van der Waals surface area contributed by atoms with E-state index in [1.165, 1.54) is 115 Å². The Morgan fingerprint density at radius 3 is 1.25 bits per heavy atom. The molecule has 60 heavy (non-hydrogen) atoms. The third kappa shape index (κ3) is 47.2. The van der Waals surface area contributed by atoms with E-state index >= 15 is 0 Å². The highest BCUT2D eigenvalue weighted by Gasteiger charge is 2.17. The summed E-state index contributed by atoms with van der Waals surface area (Å²) in [5.41, 5.74) is 0. The van der Waals surface area contributed by atoms with Crippen LogP contribution in [0.4, 0.5) is 0 Å². The van der Waals surface area contributed by atoms with Gasteiger partial charge in [0.05, 0.1) is 40.3 Å². The number of rotatable bonds is 40. The van der Waals surface area contributed by atoms with E-state index in [9.17, 15) is 9.46 Å². The largest absolute Gasteiger partial charge is 0.756 e. The fourth-order valence-electron chi connectivity index (χ4n) is 5.40. The molecule has 8 heteroatoms. The Bertz CT molecular complexity index is 1390. The van der Waals surface area contributed by atoms with E-state index < -0.39 is 13.9 Å². The molecule has 0 rings (SSSR count). The van der Waals surface area contributed by atoms with Gasteiger partial charge in [-0.15, -0.1) is 0 Å². The van der Waals surface area contributed by atoms with Crippen molar-refractivity contribution in [3.8, 4) is 0 Å². The molecule has 0 aliphatic heterocycles. The zero-order valence-corrected chi connectivity index (χ0v) is 39.2. The average Bonchev–Trinajstić information content (AvgIpc) is 3.21. The molecule has 0 aromatic carbocycles. The number of hydrogen-bond acceptors (Lipinski definition) is 6. The van der Waals surface area contributed by atoms with Crippen LogP contribution in [-0.4, -0.2) is 58.1 Å². The second kappa shape index (κ2) is 43.6. The molecular formula is C52H84NO6P. The van der Waals surface area contributed by atoms with Crippen LogP contribution < -0.4 is 4.89 Å². The molecule has 0 aromatic rings. The van der Waals surface area contributed by atoms with Crippen LogP contribution in [0.15, 0.2) is 146 Å². The zero-order chi connectivity index (χ0) is 43.9. The van der Waals surface area contributed by atoms with Crippen LogP contribution in [0.1, 0.15) is 129 Å². The maximum atomic E-state index is 12.3. The van der Waals surface area contributed by atoms with Gasteiger partial charge in [-0.25, -0.2) is 0 Å². The van der Waals surface area contributed by atoms with Crippen molar-refractivity contribution in [2.75, 3.05) is 47.5 Å². The summed E-state index contributed by atoms with van der Waals surface area (Å²) < 4.78 is 34.4. The molecule has 0 aliphatic rings. The van der Waals surface area contributed by atoms with Gasteiger partial charge in [0, 0.05) is 0 Å². The van der Waals surface area contributed by atoms with Crippen molar-refractivity contribution in [2.45, 2.75) is 136 Å². The van der Waals surface area contributed by atoms with Crippen molar-refractivity contribution in [1.82, 2.24) is 0 Å². The maximum absolute atomic E-state index is 12.3. The Kier molecular flexibility index (Phi) is 41.1. The van der Waals surface area contributed by atoms with Crippen molar-refractivity contribution in [3.63, 3.8) is 0 Å². The first-order chi connectivity index (χ1) is 29.2. The van der Waals surface area contributed by atoms with E-state index in [1.807, 2.05) is 106 Å². The summed E-state index contributed by atoms with van der Waals surface area (Å²) in [5, 5.41) is 0. The summed E-state index contributed by atoms with van der Waals surface area (Å²) in [5.74, 6) is 0. The topological polar surface area (TPSA) is 77.1 Å². The minimum absolute atomic E-state index is 0.0270. The summed E-state index contributed by atoms with van der Waals surface area (Å²) in [6, 6.07) is 0. The van der Waals surface area contributed by atoms with Gasteiger partial charge in [-0.1, -0.05) is 225 Å². The monoisotopic (exact) mass is 850 g/mol. The van der Waals surface area contributed by atoms with Gasteiger partial charge < -0.3 is 27.9 Å². The molecule has 0 spiro atoms. The first-order valence-corrected chi connectivity index (χ1v) is 24.3. The molecule has 0 heterocycles. The number of phosphoric ester groups is 1. The van der Waals surface area contributed by atoms with E-state index in [2.05, 4.69) is 50.3 Å². The second-order valence-corrected chi connectivity index (χ2v) is 17.2. The van der Waals surface area contributed by atoms with Gasteiger partial charge in [0.1, 0.15) is 19.8 Å². The van der Waals surface area contributed by atoms with Crippen LogP contribution in [0.25, 0.3) is 0 Å². The second-order valence-electron chi connectivity index (χ2n) is 15.8. The Morgan fingerprint density at radius 1 is 0.467 bits per heavy atom. The van der Waals surface area contributed by atoms with Gasteiger partial charge in [0.25, 0.3) is 7.82 Å². The van der Waals surface area contributed by atoms with Gasteiger partial charge >= 0.3 is 0 Å². The number of unbranched alkanes of at least 4 members (excludes halogenated alkanes) is 16. The number of quaternary nitrogens is 1. The molecule has 0 fully saturated rings.